The number of rotatable bonds is 4. The van der Waals surface area contributed by atoms with Crippen LogP contribution in [-0.4, -0.2) is 34.3 Å². The lowest BCUT2D eigenvalue weighted by atomic mass is 10.1. The standard InChI is InChI=1S/C15H22N6/c1-10-7-11(2)9-13(8-10)18-15-19-14(20-21-15)17-12-3-5-16-6-4-12/h7-9,12,16H,3-6H2,1-2H3,(H3,17,18,19,20,21). The molecule has 2 heterocycles. The van der Waals surface area contributed by atoms with Crippen molar-refractivity contribution in [1.82, 2.24) is 20.5 Å². The van der Waals surface area contributed by atoms with E-state index >= 15 is 0 Å². The van der Waals surface area contributed by atoms with Crippen LogP contribution in [0.4, 0.5) is 17.6 Å². The Morgan fingerprint density at radius 2 is 1.81 bits per heavy atom. The molecule has 1 fully saturated rings. The molecule has 1 aliphatic heterocycles. The summed E-state index contributed by atoms with van der Waals surface area (Å²) in [5.74, 6) is 1.32. The van der Waals surface area contributed by atoms with Crippen LogP contribution in [0.15, 0.2) is 18.2 Å². The Morgan fingerprint density at radius 3 is 2.52 bits per heavy atom. The van der Waals surface area contributed by atoms with Gasteiger partial charge >= 0.3 is 0 Å². The molecule has 1 aliphatic rings. The Morgan fingerprint density at radius 1 is 1.10 bits per heavy atom. The fourth-order valence-electron chi connectivity index (χ4n) is 2.72. The number of hydrogen-bond acceptors (Lipinski definition) is 5. The number of nitrogens with one attached hydrogen (secondary N) is 4. The van der Waals surface area contributed by atoms with Gasteiger partial charge in [-0.1, -0.05) is 6.07 Å². The molecule has 112 valence electrons. The van der Waals surface area contributed by atoms with Crippen molar-refractivity contribution in [3.63, 3.8) is 0 Å². The number of benzene rings is 1. The van der Waals surface area contributed by atoms with Crippen molar-refractivity contribution in [3.05, 3.63) is 29.3 Å². The minimum absolute atomic E-state index is 0.466. The zero-order chi connectivity index (χ0) is 14.7. The molecule has 6 nitrogen and oxygen atoms in total. The first kappa shape index (κ1) is 13.9. The van der Waals surface area contributed by atoms with Crippen LogP contribution in [0.3, 0.4) is 0 Å². The number of aromatic nitrogens is 3. The van der Waals surface area contributed by atoms with E-state index in [1.54, 1.807) is 0 Å². The van der Waals surface area contributed by atoms with E-state index in [9.17, 15) is 0 Å². The quantitative estimate of drug-likeness (QED) is 0.694. The SMILES string of the molecule is Cc1cc(C)cc(Nc2n[nH]c(NC3CCNCC3)n2)c1. The van der Waals surface area contributed by atoms with Crippen LogP contribution < -0.4 is 16.0 Å². The van der Waals surface area contributed by atoms with Gasteiger partial charge in [0.1, 0.15) is 0 Å². The van der Waals surface area contributed by atoms with Crippen LogP contribution in [0.5, 0.6) is 0 Å². The second-order valence-electron chi connectivity index (χ2n) is 5.68. The van der Waals surface area contributed by atoms with E-state index in [2.05, 4.69) is 63.2 Å². The van der Waals surface area contributed by atoms with E-state index < -0.39 is 0 Å². The number of hydrogen-bond donors (Lipinski definition) is 4. The third-order valence-electron chi connectivity index (χ3n) is 3.64. The third kappa shape index (κ3) is 3.72. The smallest absolute Gasteiger partial charge is 0.248 e. The number of anilines is 3. The van der Waals surface area contributed by atoms with E-state index in [1.807, 2.05) is 0 Å². The lowest BCUT2D eigenvalue weighted by Gasteiger charge is -2.22. The summed E-state index contributed by atoms with van der Waals surface area (Å²) in [6.45, 7) is 6.28. The average molecular weight is 286 g/mol. The van der Waals surface area contributed by atoms with Crippen molar-refractivity contribution in [2.75, 3.05) is 23.7 Å². The molecule has 0 spiro atoms. The summed E-state index contributed by atoms with van der Waals surface area (Å²) in [4.78, 5) is 4.45. The number of aromatic amines is 1. The van der Waals surface area contributed by atoms with Gasteiger partial charge in [-0.05, 0) is 63.0 Å². The summed E-state index contributed by atoms with van der Waals surface area (Å²) in [7, 11) is 0. The molecule has 6 heteroatoms. The molecular formula is C15H22N6. The zero-order valence-electron chi connectivity index (χ0n) is 12.5. The molecule has 0 saturated carbocycles. The molecule has 0 aliphatic carbocycles. The van der Waals surface area contributed by atoms with Crippen LogP contribution in [0.2, 0.25) is 0 Å². The Hall–Kier alpha value is -2.08. The highest BCUT2D eigenvalue weighted by Crippen LogP contribution is 2.18. The van der Waals surface area contributed by atoms with Crippen LogP contribution in [-0.2, 0) is 0 Å². The van der Waals surface area contributed by atoms with Crippen molar-refractivity contribution >= 4 is 17.6 Å². The van der Waals surface area contributed by atoms with Gasteiger partial charge in [-0.3, -0.25) is 0 Å². The van der Waals surface area contributed by atoms with Gasteiger partial charge in [0.2, 0.25) is 11.9 Å². The molecule has 0 atom stereocenters. The Balaban J connectivity index is 1.64. The van der Waals surface area contributed by atoms with Gasteiger partial charge in [0.15, 0.2) is 0 Å². The molecule has 0 radical (unpaired) electrons. The monoisotopic (exact) mass is 286 g/mol. The Bertz CT molecular complexity index is 580. The summed E-state index contributed by atoms with van der Waals surface area (Å²) < 4.78 is 0. The van der Waals surface area contributed by atoms with Crippen LogP contribution in [0.25, 0.3) is 0 Å². The molecule has 2 aromatic rings. The van der Waals surface area contributed by atoms with Gasteiger partial charge in [0.25, 0.3) is 0 Å². The maximum Gasteiger partial charge on any atom is 0.248 e. The zero-order valence-corrected chi connectivity index (χ0v) is 12.5. The largest absolute Gasteiger partial charge is 0.352 e. The molecule has 21 heavy (non-hydrogen) atoms. The van der Waals surface area contributed by atoms with Crippen LogP contribution in [0.1, 0.15) is 24.0 Å². The van der Waals surface area contributed by atoms with Gasteiger partial charge in [-0.2, -0.15) is 4.98 Å². The number of piperidine rings is 1. The molecule has 1 aromatic carbocycles. The summed E-state index contributed by atoms with van der Waals surface area (Å²) in [6.07, 6.45) is 2.22. The first-order valence-electron chi connectivity index (χ1n) is 7.44. The van der Waals surface area contributed by atoms with Crippen molar-refractivity contribution in [2.24, 2.45) is 0 Å². The van der Waals surface area contributed by atoms with Crippen LogP contribution >= 0.6 is 0 Å². The van der Waals surface area contributed by atoms with E-state index in [-0.39, 0.29) is 0 Å². The number of nitrogens with zero attached hydrogens (tertiary/aromatic N) is 2. The fourth-order valence-corrected chi connectivity index (χ4v) is 2.72. The maximum atomic E-state index is 4.45. The highest BCUT2D eigenvalue weighted by molar-refractivity contribution is 5.56. The van der Waals surface area contributed by atoms with Gasteiger partial charge in [0, 0.05) is 11.7 Å². The summed E-state index contributed by atoms with van der Waals surface area (Å²) in [6, 6.07) is 6.79. The van der Waals surface area contributed by atoms with Gasteiger partial charge < -0.3 is 16.0 Å². The average Bonchev–Trinajstić information content (AvgIpc) is 2.86. The molecule has 0 amide bonds. The maximum absolute atomic E-state index is 4.45. The topological polar surface area (TPSA) is 77.7 Å². The summed E-state index contributed by atoms with van der Waals surface area (Å²) in [5, 5.41) is 17.1. The third-order valence-corrected chi connectivity index (χ3v) is 3.64. The molecular weight excluding hydrogens is 264 g/mol. The lowest BCUT2D eigenvalue weighted by Crippen LogP contribution is -2.35. The second kappa shape index (κ2) is 6.13. The Kier molecular flexibility index (Phi) is 4.06. The molecule has 1 aromatic heterocycles. The Labute approximate surface area is 124 Å². The minimum atomic E-state index is 0.466. The van der Waals surface area contributed by atoms with Gasteiger partial charge in [0.05, 0.1) is 0 Å². The molecule has 0 unspecified atom stereocenters. The highest BCUT2D eigenvalue weighted by Gasteiger charge is 2.14. The van der Waals surface area contributed by atoms with Crippen molar-refractivity contribution in [2.45, 2.75) is 32.7 Å². The number of aryl methyl sites for hydroxylation is 2. The predicted molar refractivity (Wildman–Crippen MR) is 85.1 cm³/mol. The fraction of sp³-hybridized carbons (Fsp3) is 0.467. The lowest BCUT2D eigenvalue weighted by molar-refractivity contribution is 0.477. The first-order valence-corrected chi connectivity index (χ1v) is 7.44. The molecule has 3 rings (SSSR count). The van der Waals surface area contributed by atoms with Gasteiger partial charge in [-0.15, -0.1) is 5.10 Å². The van der Waals surface area contributed by atoms with E-state index in [4.69, 9.17) is 0 Å². The summed E-state index contributed by atoms with van der Waals surface area (Å²) in [5.41, 5.74) is 3.46. The molecule has 4 N–H and O–H groups in total. The van der Waals surface area contributed by atoms with Crippen molar-refractivity contribution in [3.8, 4) is 0 Å². The summed E-state index contributed by atoms with van der Waals surface area (Å²) >= 11 is 0. The first-order chi connectivity index (χ1) is 10.2. The van der Waals surface area contributed by atoms with E-state index in [1.165, 1.54) is 11.1 Å². The van der Waals surface area contributed by atoms with Crippen LogP contribution in [0, 0.1) is 13.8 Å². The second-order valence-corrected chi connectivity index (χ2v) is 5.68. The van der Waals surface area contributed by atoms with E-state index in [0.29, 0.717) is 12.0 Å². The molecule has 0 bridgehead atoms. The van der Waals surface area contributed by atoms with E-state index in [0.717, 1.165) is 37.6 Å². The highest BCUT2D eigenvalue weighted by atomic mass is 15.3. The normalized spacial score (nSPS) is 15.9. The number of H-pyrrole nitrogens is 1. The van der Waals surface area contributed by atoms with Crippen molar-refractivity contribution < 1.29 is 0 Å². The predicted octanol–water partition coefficient (Wildman–Crippen LogP) is 2.33. The van der Waals surface area contributed by atoms with Gasteiger partial charge in [-0.25, -0.2) is 5.10 Å². The van der Waals surface area contributed by atoms with Crippen molar-refractivity contribution in [1.29, 1.82) is 0 Å². The minimum Gasteiger partial charge on any atom is -0.352 e. The molecule has 1 saturated heterocycles.